The second-order valence-corrected chi connectivity index (χ2v) is 11.0. The van der Waals surface area contributed by atoms with Crippen molar-refractivity contribution in [2.75, 3.05) is 22.9 Å². The Morgan fingerprint density at radius 1 is 0.750 bits per heavy atom. The summed E-state index contributed by atoms with van der Waals surface area (Å²) in [6.07, 6.45) is 0. The van der Waals surface area contributed by atoms with Crippen LogP contribution in [-0.2, 0) is 9.59 Å². The standard InChI is InChI=1S/C22H26N2O2S2/c1-11(2)9-23-15-7-13(5)27-19(15)17(21(23)25)18-20-16(8-14(6)28-20)24(22(18)26)10-12(3)4/h7-8,11-12H,9-10H2,1-6H3/b18-17+. The Kier molecular flexibility index (Phi) is 4.74. The van der Waals surface area contributed by atoms with E-state index in [0.29, 0.717) is 36.1 Å². The van der Waals surface area contributed by atoms with E-state index in [1.165, 1.54) is 0 Å². The summed E-state index contributed by atoms with van der Waals surface area (Å²) in [7, 11) is 0. The molecule has 0 saturated heterocycles. The Morgan fingerprint density at radius 3 is 1.43 bits per heavy atom. The monoisotopic (exact) mass is 414 g/mol. The van der Waals surface area contributed by atoms with E-state index >= 15 is 0 Å². The number of anilines is 2. The topological polar surface area (TPSA) is 40.6 Å². The first-order valence-electron chi connectivity index (χ1n) is 9.78. The van der Waals surface area contributed by atoms with Crippen molar-refractivity contribution in [3.8, 4) is 0 Å². The van der Waals surface area contributed by atoms with Crippen LogP contribution in [0, 0.1) is 25.7 Å². The summed E-state index contributed by atoms with van der Waals surface area (Å²) in [6, 6.07) is 4.17. The van der Waals surface area contributed by atoms with Crippen molar-refractivity contribution >= 4 is 57.0 Å². The number of fused-ring (bicyclic) bond motifs is 2. The van der Waals surface area contributed by atoms with Crippen molar-refractivity contribution in [1.29, 1.82) is 0 Å². The normalized spacial score (nSPS) is 18.9. The molecule has 2 aliphatic heterocycles. The Labute approximate surface area is 174 Å². The van der Waals surface area contributed by atoms with Gasteiger partial charge in [0.05, 0.1) is 32.3 Å². The highest BCUT2D eigenvalue weighted by Gasteiger charge is 2.44. The van der Waals surface area contributed by atoms with Crippen LogP contribution < -0.4 is 9.80 Å². The lowest BCUT2D eigenvalue weighted by Gasteiger charge is -2.19. The fourth-order valence-electron chi connectivity index (χ4n) is 3.98. The van der Waals surface area contributed by atoms with Crippen molar-refractivity contribution in [3.05, 3.63) is 31.6 Å². The highest BCUT2D eigenvalue weighted by molar-refractivity contribution is 7.16. The maximum atomic E-state index is 13.5. The molecule has 0 N–H and O–H groups in total. The molecule has 4 nitrogen and oxygen atoms in total. The predicted octanol–water partition coefficient (Wildman–Crippen LogP) is 5.34. The van der Waals surface area contributed by atoms with Crippen LogP contribution in [0.25, 0.3) is 11.1 Å². The molecule has 0 aliphatic carbocycles. The molecule has 28 heavy (non-hydrogen) atoms. The number of rotatable bonds is 4. The summed E-state index contributed by atoms with van der Waals surface area (Å²) in [4.78, 5) is 34.9. The molecule has 0 spiro atoms. The number of hydrogen-bond donors (Lipinski definition) is 0. The van der Waals surface area contributed by atoms with Crippen LogP contribution in [0.5, 0.6) is 0 Å². The van der Waals surface area contributed by atoms with Gasteiger partial charge in [-0.2, -0.15) is 0 Å². The number of amides is 2. The van der Waals surface area contributed by atoms with Crippen molar-refractivity contribution in [3.63, 3.8) is 0 Å². The van der Waals surface area contributed by atoms with E-state index in [2.05, 4.69) is 53.7 Å². The van der Waals surface area contributed by atoms with E-state index in [-0.39, 0.29) is 11.8 Å². The molecular weight excluding hydrogens is 388 g/mol. The fraction of sp³-hybridized carbons (Fsp3) is 0.455. The van der Waals surface area contributed by atoms with Gasteiger partial charge in [-0.25, -0.2) is 0 Å². The molecule has 0 saturated carbocycles. The first-order valence-corrected chi connectivity index (χ1v) is 11.4. The number of carbonyl (C=O) groups excluding carboxylic acids is 2. The van der Waals surface area contributed by atoms with Crippen molar-refractivity contribution in [2.24, 2.45) is 11.8 Å². The number of nitrogens with zero attached hydrogens (tertiary/aromatic N) is 2. The number of carbonyl (C=O) groups is 2. The highest BCUT2D eigenvalue weighted by atomic mass is 32.1. The second kappa shape index (κ2) is 6.85. The summed E-state index contributed by atoms with van der Waals surface area (Å²) in [5.74, 6) is 0.665. The Balaban J connectivity index is 1.93. The Hall–Kier alpha value is -1.92. The average Bonchev–Trinajstić information content (AvgIpc) is 3.26. The van der Waals surface area contributed by atoms with Crippen LogP contribution in [0.1, 0.15) is 47.2 Å². The van der Waals surface area contributed by atoms with Gasteiger partial charge in [0.1, 0.15) is 0 Å². The summed E-state index contributed by atoms with van der Waals surface area (Å²) >= 11 is 3.24. The Bertz CT molecular complexity index is 930. The van der Waals surface area contributed by atoms with E-state index in [4.69, 9.17) is 0 Å². The summed E-state index contributed by atoms with van der Waals surface area (Å²) in [6.45, 7) is 13.9. The van der Waals surface area contributed by atoms with Crippen LogP contribution in [0.15, 0.2) is 12.1 Å². The average molecular weight is 415 g/mol. The van der Waals surface area contributed by atoms with E-state index in [1.807, 2.05) is 9.80 Å². The number of aryl methyl sites for hydroxylation is 2. The number of thiophene rings is 2. The van der Waals surface area contributed by atoms with Gasteiger partial charge >= 0.3 is 0 Å². The van der Waals surface area contributed by atoms with Crippen LogP contribution in [0.4, 0.5) is 11.4 Å². The van der Waals surface area contributed by atoms with Crippen LogP contribution in [-0.4, -0.2) is 24.9 Å². The molecule has 2 aromatic rings. The number of hydrogen-bond acceptors (Lipinski definition) is 4. The zero-order valence-electron chi connectivity index (χ0n) is 17.3. The lowest BCUT2D eigenvalue weighted by atomic mass is 10.1. The molecule has 2 amide bonds. The molecule has 0 atom stereocenters. The third-order valence-corrected chi connectivity index (χ3v) is 7.08. The molecule has 0 aromatic carbocycles. The predicted molar refractivity (Wildman–Crippen MR) is 119 cm³/mol. The van der Waals surface area contributed by atoms with Crippen molar-refractivity contribution in [2.45, 2.75) is 41.5 Å². The first kappa shape index (κ1) is 19.4. The first-order chi connectivity index (χ1) is 13.2. The van der Waals surface area contributed by atoms with Gasteiger partial charge in [-0.1, -0.05) is 27.7 Å². The maximum absolute atomic E-state index is 13.5. The fourth-order valence-corrected chi connectivity index (χ4v) is 6.09. The van der Waals surface area contributed by atoms with Gasteiger partial charge in [-0.05, 0) is 37.8 Å². The highest BCUT2D eigenvalue weighted by Crippen LogP contribution is 2.51. The van der Waals surface area contributed by atoms with Gasteiger partial charge in [0.25, 0.3) is 11.8 Å². The maximum Gasteiger partial charge on any atom is 0.260 e. The molecule has 0 unspecified atom stereocenters. The molecule has 6 heteroatoms. The second-order valence-electron chi connectivity index (χ2n) is 8.51. The SMILES string of the molecule is Cc1cc2c(s1)/C(=C1\C(=O)N(CC(C)C)c3cc(C)sc31)C(=O)N2CC(C)C. The van der Waals surface area contributed by atoms with Crippen LogP contribution in [0.2, 0.25) is 0 Å². The minimum Gasteiger partial charge on any atom is -0.307 e. The largest absolute Gasteiger partial charge is 0.307 e. The van der Waals surface area contributed by atoms with Crippen LogP contribution in [0.3, 0.4) is 0 Å². The van der Waals surface area contributed by atoms with Crippen LogP contribution >= 0.6 is 22.7 Å². The molecule has 0 radical (unpaired) electrons. The minimum atomic E-state index is -0.0262. The van der Waals surface area contributed by atoms with Crippen molar-refractivity contribution < 1.29 is 9.59 Å². The van der Waals surface area contributed by atoms with Gasteiger partial charge in [0.15, 0.2) is 0 Å². The molecule has 2 aliphatic rings. The quantitative estimate of drug-likeness (QED) is 0.634. The molecule has 2 aromatic heterocycles. The molecule has 148 valence electrons. The third-order valence-electron chi connectivity index (χ3n) is 4.97. The summed E-state index contributed by atoms with van der Waals surface area (Å²) < 4.78 is 0. The van der Waals surface area contributed by atoms with E-state index in [1.54, 1.807) is 22.7 Å². The lowest BCUT2D eigenvalue weighted by molar-refractivity contribution is -0.114. The van der Waals surface area contributed by atoms with Crippen molar-refractivity contribution in [1.82, 2.24) is 0 Å². The van der Waals surface area contributed by atoms with E-state index < -0.39 is 0 Å². The molecule has 4 rings (SSSR count). The minimum absolute atomic E-state index is 0.0262. The van der Waals surface area contributed by atoms with Gasteiger partial charge < -0.3 is 9.80 Å². The van der Waals surface area contributed by atoms with E-state index in [9.17, 15) is 9.59 Å². The lowest BCUT2D eigenvalue weighted by Crippen LogP contribution is -2.32. The zero-order chi connectivity index (χ0) is 20.3. The van der Waals surface area contributed by atoms with Gasteiger partial charge in [0, 0.05) is 22.8 Å². The smallest absolute Gasteiger partial charge is 0.260 e. The zero-order valence-corrected chi connectivity index (χ0v) is 18.9. The molecule has 0 fully saturated rings. The summed E-state index contributed by atoms with van der Waals surface area (Å²) in [5, 5.41) is 0. The molecule has 4 heterocycles. The molecular formula is C22H26N2O2S2. The Morgan fingerprint density at radius 2 is 1.11 bits per heavy atom. The third kappa shape index (κ3) is 2.94. The van der Waals surface area contributed by atoms with Gasteiger partial charge in [-0.3, -0.25) is 9.59 Å². The van der Waals surface area contributed by atoms with Gasteiger partial charge in [0.2, 0.25) is 0 Å². The van der Waals surface area contributed by atoms with Gasteiger partial charge in [-0.15, -0.1) is 22.7 Å². The van der Waals surface area contributed by atoms with E-state index in [0.717, 1.165) is 30.9 Å². The molecule has 0 bridgehead atoms. The summed E-state index contributed by atoms with van der Waals surface area (Å²) in [5.41, 5.74) is 3.14.